The molecule has 2 aliphatic heterocycles. The molecule has 21 heavy (non-hydrogen) atoms. The van der Waals surface area contributed by atoms with Gasteiger partial charge >= 0.3 is 0 Å². The summed E-state index contributed by atoms with van der Waals surface area (Å²) >= 11 is 0. The van der Waals surface area contributed by atoms with Crippen molar-refractivity contribution in [3.63, 3.8) is 0 Å². The van der Waals surface area contributed by atoms with Gasteiger partial charge in [0.1, 0.15) is 0 Å². The summed E-state index contributed by atoms with van der Waals surface area (Å²) in [5.74, 6) is 1.68. The van der Waals surface area contributed by atoms with Crippen LogP contribution in [0.15, 0.2) is 30.5 Å². The van der Waals surface area contributed by atoms with E-state index in [-0.39, 0.29) is 12.4 Å². The summed E-state index contributed by atoms with van der Waals surface area (Å²) < 4.78 is 10.7. The van der Waals surface area contributed by atoms with Gasteiger partial charge in [-0.2, -0.15) is 5.26 Å². The maximum Gasteiger partial charge on any atom is 0.231 e. The van der Waals surface area contributed by atoms with Crippen molar-refractivity contribution in [2.45, 2.75) is 6.54 Å². The first-order valence-electron chi connectivity index (χ1n) is 6.76. The van der Waals surface area contributed by atoms with E-state index in [0.717, 1.165) is 44.2 Å². The molecule has 1 saturated heterocycles. The Morgan fingerprint density at radius 3 is 2.67 bits per heavy atom. The molecule has 6 heteroatoms. The van der Waals surface area contributed by atoms with Crippen molar-refractivity contribution < 1.29 is 9.47 Å². The van der Waals surface area contributed by atoms with Crippen LogP contribution in [0.4, 0.5) is 0 Å². The van der Waals surface area contributed by atoms with Gasteiger partial charge in [0.15, 0.2) is 11.5 Å². The monoisotopic (exact) mass is 307 g/mol. The fraction of sp³-hybridized carbons (Fsp3) is 0.400. The standard InChI is InChI=1S/C15H17N3O2.ClH/c16-4-1-5-17-6-8-18(9-7-17)11-13-2-3-14-15(10-13)20-12-19-14;/h1-3,5,10H,6-9,11-12H2;1H. The van der Waals surface area contributed by atoms with Crippen LogP contribution >= 0.6 is 12.4 Å². The number of nitriles is 1. The number of benzene rings is 1. The summed E-state index contributed by atoms with van der Waals surface area (Å²) in [6.07, 6.45) is 3.41. The molecule has 0 spiro atoms. The maximum absolute atomic E-state index is 8.52. The zero-order valence-corrected chi connectivity index (χ0v) is 12.5. The molecule has 0 saturated carbocycles. The summed E-state index contributed by atoms with van der Waals surface area (Å²) in [5, 5.41) is 8.52. The smallest absolute Gasteiger partial charge is 0.231 e. The van der Waals surface area contributed by atoms with Gasteiger partial charge in [0, 0.05) is 45.0 Å². The highest BCUT2D eigenvalue weighted by atomic mass is 35.5. The van der Waals surface area contributed by atoms with E-state index in [2.05, 4.69) is 21.9 Å². The highest BCUT2D eigenvalue weighted by Crippen LogP contribution is 2.32. The lowest BCUT2D eigenvalue weighted by Gasteiger charge is -2.33. The van der Waals surface area contributed by atoms with E-state index in [9.17, 15) is 0 Å². The van der Waals surface area contributed by atoms with Crippen molar-refractivity contribution in [2.75, 3.05) is 33.0 Å². The molecule has 0 radical (unpaired) electrons. The molecule has 1 aromatic rings. The van der Waals surface area contributed by atoms with Crippen LogP contribution in [-0.2, 0) is 6.54 Å². The van der Waals surface area contributed by atoms with Crippen LogP contribution in [-0.4, -0.2) is 42.8 Å². The third-order valence-corrected chi connectivity index (χ3v) is 3.61. The number of nitrogens with zero attached hydrogens (tertiary/aromatic N) is 3. The lowest BCUT2D eigenvalue weighted by molar-refractivity contribution is 0.162. The Morgan fingerprint density at radius 1 is 1.14 bits per heavy atom. The molecule has 2 aliphatic rings. The quantitative estimate of drug-likeness (QED) is 0.799. The molecule has 1 aromatic carbocycles. The van der Waals surface area contributed by atoms with E-state index in [0.29, 0.717) is 6.79 Å². The van der Waals surface area contributed by atoms with Crippen molar-refractivity contribution in [1.82, 2.24) is 9.80 Å². The third kappa shape index (κ3) is 3.81. The number of piperazine rings is 1. The SMILES string of the molecule is Cl.N#CC=CN1CCN(Cc2ccc3c(c2)OCO3)CC1. The normalized spacial score (nSPS) is 17.6. The predicted octanol–water partition coefficient (Wildman–Crippen LogP) is 1.99. The first-order valence-corrected chi connectivity index (χ1v) is 6.76. The average Bonchev–Trinajstić information content (AvgIpc) is 2.94. The largest absolute Gasteiger partial charge is 0.454 e. The molecule has 2 heterocycles. The Kier molecular flexibility index (Phi) is 5.32. The molecule has 0 aromatic heterocycles. The van der Waals surface area contributed by atoms with E-state index in [1.807, 2.05) is 18.3 Å². The van der Waals surface area contributed by atoms with Crippen LogP contribution in [0.25, 0.3) is 0 Å². The third-order valence-electron chi connectivity index (χ3n) is 3.61. The van der Waals surface area contributed by atoms with E-state index in [4.69, 9.17) is 14.7 Å². The number of allylic oxidation sites excluding steroid dienone is 1. The summed E-state index contributed by atoms with van der Waals surface area (Å²) in [6, 6.07) is 8.16. The van der Waals surface area contributed by atoms with Crippen molar-refractivity contribution >= 4 is 12.4 Å². The minimum absolute atomic E-state index is 0. The molecule has 1 fully saturated rings. The number of ether oxygens (including phenoxy) is 2. The number of halogens is 1. The highest BCUT2D eigenvalue weighted by molar-refractivity contribution is 5.85. The number of rotatable bonds is 3. The Hall–Kier alpha value is -1.90. The van der Waals surface area contributed by atoms with E-state index < -0.39 is 0 Å². The molecular formula is C15H18ClN3O2. The lowest BCUT2D eigenvalue weighted by atomic mass is 10.1. The predicted molar refractivity (Wildman–Crippen MR) is 81.4 cm³/mol. The van der Waals surface area contributed by atoms with E-state index in [1.54, 1.807) is 0 Å². The lowest BCUT2D eigenvalue weighted by Crippen LogP contribution is -2.43. The van der Waals surface area contributed by atoms with Gasteiger partial charge in [0.05, 0.1) is 6.07 Å². The molecule has 0 N–H and O–H groups in total. The minimum atomic E-state index is 0. The van der Waals surface area contributed by atoms with Gasteiger partial charge in [-0.3, -0.25) is 4.90 Å². The molecular weight excluding hydrogens is 290 g/mol. The first kappa shape index (κ1) is 15.5. The second kappa shape index (κ2) is 7.21. The Labute approximate surface area is 130 Å². The zero-order chi connectivity index (χ0) is 13.8. The van der Waals surface area contributed by atoms with Gasteiger partial charge in [-0.05, 0) is 17.7 Å². The van der Waals surface area contributed by atoms with Crippen LogP contribution in [0.2, 0.25) is 0 Å². The van der Waals surface area contributed by atoms with Crippen LogP contribution in [0, 0.1) is 11.3 Å². The fourth-order valence-electron chi connectivity index (χ4n) is 2.51. The van der Waals surface area contributed by atoms with Gasteiger partial charge in [0.2, 0.25) is 6.79 Å². The second-order valence-electron chi connectivity index (χ2n) is 4.94. The summed E-state index contributed by atoms with van der Waals surface area (Å²) in [6.45, 7) is 5.18. The van der Waals surface area contributed by atoms with E-state index in [1.165, 1.54) is 11.6 Å². The summed E-state index contributed by atoms with van der Waals surface area (Å²) in [5.41, 5.74) is 1.25. The Morgan fingerprint density at radius 2 is 1.90 bits per heavy atom. The number of fused-ring (bicyclic) bond motifs is 1. The van der Waals surface area contributed by atoms with Crippen LogP contribution in [0.5, 0.6) is 11.5 Å². The Bertz CT molecular complexity index is 548. The molecule has 0 aliphatic carbocycles. The van der Waals surface area contributed by atoms with Gasteiger partial charge in [-0.15, -0.1) is 12.4 Å². The first-order chi connectivity index (χ1) is 9.85. The molecule has 0 unspecified atom stereocenters. The van der Waals surface area contributed by atoms with Crippen LogP contribution in [0.1, 0.15) is 5.56 Å². The fourth-order valence-corrected chi connectivity index (χ4v) is 2.51. The topological polar surface area (TPSA) is 48.7 Å². The highest BCUT2D eigenvalue weighted by Gasteiger charge is 2.17. The second-order valence-corrected chi connectivity index (χ2v) is 4.94. The Balaban J connectivity index is 0.00000161. The molecule has 5 nitrogen and oxygen atoms in total. The molecule has 0 bridgehead atoms. The molecule has 0 amide bonds. The van der Waals surface area contributed by atoms with Crippen molar-refractivity contribution in [3.8, 4) is 17.6 Å². The van der Waals surface area contributed by atoms with Crippen molar-refractivity contribution in [1.29, 1.82) is 5.26 Å². The van der Waals surface area contributed by atoms with Crippen molar-refractivity contribution in [3.05, 3.63) is 36.0 Å². The molecule has 0 atom stereocenters. The maximum atomic E-state index is 8.52. The summed E-state index contributed by atoms with van der Waals surface area (Å²) in [7, 11) is 0. The average molecular weight is 308 g/mol. The molecule has 112 valence electrons. The summed E-state index contributed by atoms with van der Waals surface area (Å²) in [4.78, 5) is 4.59. The number of hydrogen-bond donors (Lipinski definition) is 0. The number of hydrogen-bond acceptors (Lipinski definition) is 5. The van der Waals surface area contributed by atoms with Gasteiger partial charge in [0.25, 0.3) is 0 Å². The molecule has 3 rings (SSSR count). The van der Waals surface area contributed by atoms with E-state index >= 15 is 0 Å². The zero-order valence-electron chi connectivity index (χ0n) is 11.7. The van der Waals surface area contributed by atoms with Gasteiger partial charge in [-0.1, -0.05) is 6.07 Å². The van der Waals surface area contributed by atoms with Gasteiger partial charge in [-0.25, -0.2) is 0 Å². The van der Waals surface area contributed by atoms with Crippen LogP contribution < -0.4 is 9.47 Å². The minimum Gasteiger partial charge on any atom is -0.454 e. The van der Waals surface area contributed by atoms with Gasteiger partial charge < -0.3 is 14.4 Å². The van der Waals surface area contributed by atoms with Crippen LogP contribution in [0.3, 0.4) is 0 Å². The van der Waals surface area contributed by atoms with Crippen molar-refractivity contribution in [2.24, 2.45) is 0 Å².